The number of fused-ring (bicyclic) bond motifs is 1. The Morgan fingerprint density at radius 3 is 1.91 bits per heavy atom. The molecule has 0 saturated carbocycles. The molecule has 2 heterocycles. The summed E-state index contributed by atoms with van der Waals surface area (Å²) in [6.45, 7) is 11.6. The van der Waals surface area contributed by atoms with Gasteiger partial charge in [-0.15, -0.1) is 23.5 Å². The minimum atomic E-state index is -3.09. The number of carbonyl (C=O) groups is 2. The quantitative estimate of drug-likeness (QED) is 0.126. The highest BCUT2D eigenvalue weighted by molar-refractivity contribution is 8.16. The number of esters is 2. The average molecular weight is 646 g/mol. The van der Waals surface area contributed by atoms with Crippen LogP contribution in [0.15, 0.2) is 60.7 Å². The molecule has 0 N–H and O–H groups in total. The van der Waals surface area contributed by atoms with Gasteiger partial charge in [-0.1, -0.05) is 95.3 Å². The van der Waals surface area contributed by atoms with Gasteiger partial charge in [0, 0.05) is 6.04 Å². The van der Waals surface area contributed by atoms with Crippen molar-refractivity contribution in [3.63, 3.8) is 0 Å². The molecule has 0 amide bonds. The maximum absolute atomic E-state index is 13.9. The monoisotopic (exact) mass is 645 g/mol. The molecule has 0 aliphatic carbocycles. The summed E-state index contributed by atoms with van der Waals surface area (Å²) >= 11 is 3.75. The normalized spacial score (nSPS) is 21.0. The van der Waals surface area contributed by atoms with E-state index in [0.29, 0.717) is 13.0 Å². The minimum Gasteiger partial charge on any atom is -0.468 e. The Bertz CT molecular complexity index is 1150. The van der Waals surface area contributed by atoms with Crippen LogP contribution in [-0.2, 0) is 28.3 Å². The van der Waals surface area contributed by atoms with Gasteiger partial charge in [0.2, 0.25) is 0 Å². The van der Waals surface area contributed by atoms with Crippen molar-refractivity contribution >= 4 is 54.2 Å². The second-order valence-electron chi connectivity index (χ2n) is 12.1. The van der Waals surface area contributed by atoms with Gasteiger partial charge in [0.05, 0.1) is 37.6 Å². The number of benzene rings is 2. The Labute approximate surface area is 266 Å². The Kier molecular flexibility index (Phi) is 11.5. The predicted octanol–water partition coefficient (Wildman–Crippen LogP) is 5.26. The third-order valence-electron chi connectivity index (χ3n) is 8.71. The second kappa shape index (κ2) is 14.5. The lowest BCUT2D eigenvalue weighted by molar-refractivity contribution is -0.198. The van der Waals surface area contributed by atoms with Gasteiger partial charge in [-0.05, 0) is 46.2 Å². The summed E-state index contributed by atoms with van der Waals surface area (Å²) in [7, 11) is -0.409. The van der Waals surface area contributed by atoms with Gasteiger partial charge < -0.3 is 13.9 Å². The van der Waals surface area contributed by atoms with Crippen molar-refractivity contribution in [1.29, 1.82) is 0 Å². The lowest BCUT2D eigenvalue weighted by Crippen LogP contribution is -2.70. The van der Waals surface area contributed by atoms with Crippen LogP contribution in [0.1, 0.15) is 53.9 Å². The molecule has 7 nitrogen and oxygen atoms in total. The number of carbonyl (C=O) groups excluding carboxylic acids is 2. The zero-order valence-corrected chi connectivity index (χ0v) is 29.2. The predicted molar refractivity (Wildman–Crippen MR) is 178 cm³/mol. The van der Waals surface area contributed by atoms with E-state index in [-0.39, 0.29) is 22.1 Å². The van der Waals surface area contributed by atoms with E-state index in [4.69, 9.17) is 18.7 Å². The highest BCUT2D eigenvalue weighted by Gasteiger charge is 2.68. The van der Waals surface area contributed by atoms with E-state index in [1.165, 1.54) is 14.2 Å². The molecule has 2 fully saturated rings. The number of hydrogen-bond donors (Lipinski definition) is 0. The third-order valence-corrected chi connectivity index (χ3v) is 16.4. The van der Waals surface area contributed by atoms with Crippen LogP contribution in [0.2, 0.25) is 5.04 Å². The van der Waals surface area contributed by atoms with E-state index in [2.05, 4.69) is 83.1 Å². The number of hydrogen-bond acceptors (Lipinski definition) is 9. The number of methoxy groups -OCH3 is 2. The van der Waals surface area contributed by atoms with Crippen LogP contribution in [0.25, 0.3) is 0 Å². The van der Waals surface area contributed by atoms with E-state index in [9.17, 15) is 9.59 Å². The first-order chi connectivity index (χ1) is 20.6. The van der Waals surface area contributed by atoms with Crippen molar-refractivity contribution < 1.29 is 28.3 Å². The first kappa shape index (κ1) is 34.1. The molecular formula is C33H47NO6S2Si. The lowest BCUT2D eigenvalue weighted by Gasteiger charge is -2.48. The number of nitrogens with zero attached hydrogens (tertiary/aromatic N) is 1. The fourth-order valence-electron chi connectivity index (χ4n) is 6.98. The molecule has 2 aromatic carbocycles. The average Bonchev–Trinajstić information content (AvgIpc) is 3.59. The lowest BCUT2D eigenvalue weighted by atomic mass is 9.76. The molecule has 2 aliphatic heterocycles. The van der Waals surface area contributed by atoms with Crippen LogP contribution in [0, 0.1) is 5.41 Å². The summed E-state index contributed by atoms with van der Waals surface area (Å²) in [5.74, 6) is 0.689. The highest BCUT2D eigenvalue weighted by atomic mass is 32.2. The fraction of sp³-hybridized carbons (Fsp3) is 0.576. The van der Waals surface area contributed by atoms with E-state index >= 15 is 0 Å². The third kappa shape index (κ3) is 6.46. The molecule has 0 spiro atoms. The summed E-state index contributed by atoms with van der Waals surface area (Å²) in [6, 6.07) is 20.1. The fourth-order valence-corrected chi connectivity index (χ4v) is 14.3. The first-order valence-corrected chi connectivity index (χ1v) is 19.2. The van der Waals surface area contributed by atoms with Gasteiger partial charge in [0.1, 0.15) is 0 Å². The number of ether oxygens (including phenoxy) is 2. The maximum Gasteiger partial charge on any atom is 0.325 e. The summed E-state index contributed by atoms with van der Waals surface area (Å²) < 4.78 is 18.8. The molecular weight excluding hydrogens is 599 g/mol. The van der Waals surface area contributed by atoms with Crippen molar-refractivity contribution in [3.05, 3.63) is 60.7 Å². The minimum absolute atomic E-state index is 0.121. The Balaban J connectivity index is 2.00. The summed E-state index contributed by atoms with van der Waals surface area (Å²) in [6.07, 6.45) is 1.06. The van der Waals surface area contributed by atoms with Crippen LogP contribution < -0.4 is 10.4 Å². The number of thioether (sulfide) groups is 2. The molecule has 2 aromatic rings. The van der Waals surface area contributed by atoms with Crippen LogP contribution >= 0.6 is 23.5 Å². The van der Waals surface area contributed by atoms with E-state index in [1.54, 1.807) is 0 Å². The summed E-state index contributed by atoms with van der Waals surface area (Å²) in [4.78, 5) is 34.0. The molecule has 0 aromatic heterocycles. The Morgan fingerprint density at radius 2 is 1.47 bits per heavy atom. The first-order valence-electron chi connectivity index (χ1n) is 15.2. The van der Waals surface area contributed by atoms with E-state index < -0.39 is 37.8 Å². The summed E-state index contributed by atoms with van der Waals surface area (Å²) in [5, 5.41) is 3.86. The van der Waals surface area contributed by atoms with Gasteiger partial charge >= 0.3 is 11.9 Å². The largest absolute Gasteiger partial charge is 0.468 e. The molecule has 43 heavy (non-hydrogen) atoms. The second-order valence-corrected chi connectivity index (χ2v) is 19.6. The van der Waals surface area contributed by atoms with E-state index in [1.807, 2.05) is 40.7 Å². The zero-order chi connectivity index (χ0) is 31.3. The molecule has 10 heteroatoms. The van der Waals surface area contributed by atoms with Crippen molar-refractivity contribution in [1.82, 2.24) is 5.06 Å². The number of rotatable bonds is 13. The summed E-state index contributed by atoms with van der Waals surface area (Å²) in [5.41, 5.74) is -1.58. The van der Waals surface area contributed by atoms with Gasteiger partial charge in [-0.25, -0.2) is 0 Å². The Hall–Kier alpha value is -1.82. The molecule has 2 aliphatic rings. The van der Waals surface area contributed by atoms with Gasteiger partial charge in [-0.2, -0.15) is 5.06 Å². The van der Waals surface area contributed by atoms with Crippen LogP contribution in [0.5, 0.6) is 0 Å². The van der Waals surface area contributed by atoms with Crippen molar-refractivity contribution in [2.24, 2.45) is 5.41 Å². The van der Waals surface area contributed by atoms with Crippen molar-refractivity contribution in [2.75, 3.05) is 32.3 Å². The van der Waals surface area contributed by atoms with Gasteiger partial charge in [0.25, 0.3) is 8.32 Å². The number of hydroxylamine groups is 2. The molecule has 0 bridgehead atoms. The molecule has 4 rings (SSSR count). The van der Waals surface area contributed by atoms with Crippen molar-refractivity contribution in [3.8, 4) is 0 Å². The molecule has 3 atom stereocenters. The van der Waals surface area contributed by atoms with Crippen LogP contribution in [0.4, 0.5) is 0 Å². The molecule has 0 unspecified atom stereocenters. The SMILES string of the molecule is CCSC(C[C@@H](O[Si](c1ccccc1)(c1ccccc1)C(C)(C)C)[C@@H]1N2OCC[C@H]2CC1(C(=O)OC)C(=O)OC)SCC. The standard InChI is InChI=1S/C33H47NO6S2Si/c1-8-41-28(42-9-2)22-27(29-33(30(35)37-6,31(36)38-7)23-24-20-21-39-34(24)29)40-43(32(3,4)5,25-16-12-10-13-17-25)26-18-14-11-15-19-26/h10-19,24,27-29H,8-9,20-23H2,1-7H3/t24-,27+,29-/m0/s1. The van der Waals surface area contributed by atoms with Crippen molar-refractivity contribution in [2.45, 2.75) is 81.7 Å². The molecule has 0 radical (unpaired) electrons. The van der Waals surface area contributed by atoms with Gasteiger partial charge in [-0.3, -0.25) is 14.4 Å². The van der Waals surface area contributed by atoms with E-state index in [0.717, 1.165) is 28.3 Å². The van der Waals surface area contributed by atoms with Crippen LogP contribution in [0.3, 0.4) is 0 Å². The zero-order valence-electron chi connectivity index (χ0n) is 26.5. The maximum atomic E-state index is 13.9. The molecule has 236 valence electrons. The van der Waals surface area contributed by atoms with Gasteiger partial charge in [0.15, 0.2) is 5.41 Å². The smallest absolute Gasteiger partial charge is 0.325 e. The topological polar surface area (TPSA) is 74.3 Å². The highest BCUT2D eigenvalue weighted by Crippen LogP contribution is 2.51. The molecule has 2 saturated heterocycles. The Morgan fingerprint density at radius 1 is 0.953 bits per heavy atom. The van der Waals surface area contributed by atoms with Crippen LogP contribution in [-0.4, -0.2) is 80.4 Å².